The van der Waals surface area contributed by atoms with Gasteiger partial charge >= 0.3 is 0 Å². The van der Waals surface area contributed by atoms with Crippen LogP contribution in [-0.2, 0) is 0 Å². The van der Waals surface area contributed by atoms with Gasteiger partial charge in [0, 0.05) is 30.9 Å². The van der Waals surface area contributed by atoms with Gasteiger partial charge in [-0.3, -0.25) is 4.98 Å². The molecule has 3 nitrogen and oxygen atoms in total. The van der Waals surface area contributed by atoms with E-state index in [9.17, 15) is 0 Å². The number of anilines is 1. The highest BCUT2D eigenvalue weighted by molar-refractivity contribution is 5.67. The Morgan fingerprint density at radius 2 is 1.74 bits per heavy atom. The predicted molar refractivity (Wildman–Crippen MR) is 99.9 cm³/mol. The van der Waals surface area contributed by atoms with E-state index < -0.39 is 0 Å². The average molecular weight is 311 g/mol. The Morgan fingerprint density at radius 3 is 2.48 bits per heavy atom. The number of benzene rings is 1. The van der Waals surface area contributed by atoms with Crippen LogP contribution in [0, 0.1) is 5.92 Å². The molecule has 2 atom stereocenters. The lowest BCUT2D eigenvalue weighted by Gasteiger charge is -2.26. The Bertz CT molecular complexity index is 570. The molecule has 124 valence electrons. The van der Waals surface area contributed by atoms with Crippen LogP contribution in [0.25, 0.3) is 11.1 Å². The van der Waals surface area contributed by atoms with Gasteiger partial charge < -0.3 is 10.2 Å². The van der Waals surface area contributed by atoms with Gasteiger partial charge in [-0.2, -0.15) is 0 Å². The van der Waals surface area contributed by atoms with E-state index in [1.54, 1.807) is 0 Å². The molecule has 3 rings (SSSR count). The first-order valence-electron chi connectivity index (χ1n) is 8.71. The Morgan fingerprint density at radius 1 is 1.00 bits per heavy atom. The molecule has 0 unspecified atom stereocenters. The molecule has 1 aliphatic rings. The number of hydrogen-bond acceptors (Lipinski definition) is 3. The quantitative estimate of drug-likeness (QED) is 0.900. The molecule has 1 aromatic carbocycles. The molecular formula is C20H29N3. The van der Waals surface area contributed by atoms with Crippen molar-refractivity contribution in [1.29, 1.82) is 0 Å². The molecule has 1 aromatic heterocycles. The molecule has 2 heterocycles. The molecule has 1 N–H and O–H groups in total. The molecule has 0 radical (unpaired) electrons. The predicted octanol–water partition coefficient (Wildman–Crippen LogP) is 4.21. The standard InChI is InChI=1S/C18H23N3.C2H6/c1-14-9-20-15(2)13-21(12-14)18-8-17(10-19-11-18)16-6-4-3-5-7-16;1-2/h3-8,10-11,14-15,20H,9,12-13H2,1-2H3;1-2H3/t14-,15-;/m0./s1. The van der Waals surface area contributed by atoms with Gasteiger partial charge in [0.2, 0.25) is 0 Å². The zero-order chi connectivity index (χ0) is 16.7. The molecule has 0 spiro atoms. The summed E-state index contributed by atoms with van der Waals surface area (Å²) in [5.74, 6) is 0.648. The third-order valence-corrected chi connectivity index (χ3v) is 4.04. The Labute approximate surface area is 140 Å². The molecule has 3 heteroatoms. The van der Waals surface area contributed by atoms with Gasteiger partial charge in [0.25, 0.3) is 0 Å². The SMILES string of the molecule is CC.C[C@H]1CN[C@@H](C)CN(c2cncc(-c3ccccc3)c2)C1. The van der Waals surface area contributed by atoms with Crippen LogP contribution < -0.4 is 10.2 Å². The van der Waals surface area contributed by atoms with Gasteiger partial charge in [-0.1, -0.05) is 51.1 Å². The van der Waals surface area contributed by atoms with Crippen LogP contribution in [-0.4, -0.2) is 30.7 Å². The van der Waals surface area contributed by atoms with Crippen molar-refractivity contribution in [3.05, 3.63) is 48.8 Å². The molecule has 0 aliphatic carbocycles. The van der Waals surface area contributed by atoms with Crippen LogP contribution in [0.15, 0.2) is 48.8 Å². The van der Waals surface area contributed by atoms with Crippen molar-refractivity contribution < 1.29 is 0 Å². The zero-order valence-corrected chi connectivity index (χ0v) is 14.8. The second-order valence-electron chi connectivity index (χ2n) is 6.12. The van der Waals surface area contributed by atoms with Gasteiger partial charge in [-0.05, 0) is 31.0 Å². The number of rotatable bonds is 2. The van der Waals surface area contributed by atoms with Crippen molar-refractivity contribution in [3.63, 3.8) is 0 Å². The first kappa shape index (κ1) is 17.5. The van der Waals surface area contributed by atoms with E-state index in [4.69, 9.17) is 0 Å². The fourth-order valence-electron chi connectivity index (χ4n) is 2.91. The highest BCUT2D eigenvalue weighted by Gasteiger charge is 2.19. The van der Waals surface area contributed by atoms with Gasteiger partial charge in [-0.25, -0.2) is 0 Å². The molecule has 0 amide bonds. The van der Waals surface area contributed by atoms with Crippen molar-refractivity contribution in [1.82, 2.24) is 10.3 Å². The molecule has 1 fully saturated rings. The van der Waals surface area contributed by atoms with Crippen molar-refractivity contribution in [2.24, 2.45) is 5.92 Å². The summed E-state index contributed by atoms with van der Waals surface area (Å²) in [6.45, 7) is 11.7. The van der Waals surface area contributed by atoms with Gasteiger partial charge in [0.15, 0.2) is 0 Å². The van der Waals surface area contributed by atoms with E-state index in [2.05, 4.69) is 59.4 Å². The smallest absolute Gasteiger partial charge is 0.0559 e. The molecule has 23 heavy (non-hydrogen) atoms. The number of aromatic nitrogens is 1. The van der Waals surface area contributed by atoms with Crippen LogP contribution in [0.2, 0.25) is 0 Å². The normalized spacial score (nSPS) is 21.1. The molecular weight excluding hydrogens is 282 g/mol. The summed E-state index contributed by atoms with van der Waals surface area (Å²) in [6, 6.07) is 13.2. The Balaban J connectivity index is 0.000000924. The number of hydrogen-bond donors (Lipinski definition) is 1. The van der Waals surface area contributed by atoms with Gasteiger partial charge in [-0.15, -0.1) is 0 Å². The summed E-state index contributed by atoms with van der Waals surface area (Å²) < 4.78 is 0. The second-order valence-corrected chi connectivity index (χ2v) is 6.12. The number of pyridine rings is 1. The topological polar surface area (TPSA) is 28.2 Å². The van der Waals surface area contributed by atoms with Crippen LogP contribution in [0.1, 0.15) is 27.7 Å². The number of nitrogens with one attached hydrogen (secondary N) is 1. The van der Waals surface area contributed by atoms with E-state index in [1.807, 2.05) is 32.3 Å². The fourth-order valence-corrected chi connectivity index (χ4v) is 2.91. The summed E-state index contributed by atoms with van der Waals surface area (Å²) >= 11 is 0. The maximum atomic E-state index is 4.45. The minimum Gasteiger partial charge on any atom is -0.368 e. The average Bonchev–Trinajstić information content (AvgIpc) is 2.79. The van der Waals surface area contributed by atoms with Gasteiger partial charge in [0.05, 0.1) is 11.9 Å². The van der Waals surface area contributed by atoms with Gasteiger partial charge in [0.1, 0.15) is 0 Å². The first-order valence-corrected chi connectivity index (χ1v) is 8.71. The van der Waals surface area contributed by atoms with Crippen LogP contribution >= 0.6 is 0 Å². The third kappa shape index (κ3) is 4.80. The molecule has 2 aromatic rings. The summed E-state index contributed by atoms with van der Waals surface area (Å²) in [5, 5.41) is 3.58. The van der Waals surface area contributed by atoms with Crippen molar-refractivity contribution in [2.75, 3.05) is 24.5 Å². The molecule has 0 saturated carbocycles. The summed E-state index contributed by atoms with van der Waals surface area (Å²) in [5.41, 5.74) is 3.63. The second kappa shape index (κ2) is 8.68. The van der Waals surface area contributed by atoms with Crippen LogP contribution in [0.3, 0.4) is 0 Å². The largest absolute Gasteiger partial charge is 0.368 e. The van der Waals surface area contributed by atoms with E-state index in [0.29, 0.717) is 12.0 Å². The fraction of sp³-hybridized carbons (Fsp3) is 0.450. The lowest BCUT2D eigenvalue weighted by molar-refractivity contribution is 0.525. The maximum absolute atomic E-state index is 4.45. The summed E-state index contributed by atoms with van der Waals surface area (Å²) in [6.07, 6.45) is 3.93. The molecule has 0 bridgehead atoms. The van der Waals surface area contributed by atoms with Crippen molar-refractivity contribution >= 4 is 5.69 Å². The van der Waals surface area contributed by atoms with Crippen molar-refractivity contribution in [3.8, 4) is 11.1 Å². The lowest BCUT2D eigenvalue weighted by atomic mass is 10.1. The third-order valence-electron chi connectivity index (χ3n) is 4.04. The first-order chi connectivity index (χ1) is 11.2. The monoisotopic (exact) mass is 311 g/mol. The zero-order valence-electron chi connectivity index (χ0n) is 14.8. The summed E-state index contributed by atoms with van der Waals surface area (Å²) in [7, 11) is 0. The molecule has 1 aliphatic heterocycles. The highest BCUT2D eigenvalue weighted by atomic mass is 15.2. The van der Waals surface area contributed by atoms with E-state index in [0.717, 1.165) is 19.6 Å². The Kier molecular flexibility index (Phi) is 6.60. The van der Waals surface area contributed by atoms with E-state index in [-0.39, 0.29) is 0 Å². The highest BCUT2D eigenvalue weighted by Crippen LogP contribution is 2.24. The lowest BCUT2D eigenvalue weighted by Crippen LogP contribution is -2.35. The maximum Gasteiger partial charge on any atom is 0.0559 e. The minimum atomic E-state index is 0.510. The van der Waals surface area contributed by atoms with Crippen molar-refractivity contribution in [2.45, 2.75) is 33.7 Å². The summed E-state index contributed by atoms with van der Waals surface area (Å²) in [4.78, 5) is 6.91. The van der Waals surface area contributed by atoms with E-state index in [1.165, 1.54) is 16.8 Å². The molecule has 1 saturated heterocycles. The number of nitrogens with zero attached hydrogens (tertiary/aromatic N) is 2. The van der Waals surface area contributed by atoms with Crippen LogP contribution in [0.4, 0.5) is 5.69 Å². The van der Waals surface area contributed by atoms with Crippen LogP contribution in [0.5, 0.6) is 0 Å². The Hall–Kier alpha value is -1.87. The van der Waals surface area contributed by atoms with E-state index >= 15 is 0 Å². The minimum absolute atomic E-state index is 0.510.